The Morgan fingerprint density at radius 1 is 1.40 bits per heavy atom. The van der Waals surface area contributed by atoms with E-state index in [9.17, 15) is 4.79 Å². The molecule has 0 bridgehead atoms. The molecule has 2 nitrogen and oxygen atoms in total. The van der Waals surface area contributed by atoms with Gasteiger partial charge in [0.1, 0.15) is 6.10 Å². The third kappa shape index (κ3) is 2.83. The lowest BCUT2D eigenvalue weighted by atomic mass is 9.70. The predicted octanol–water partition coefficient (Wildman–Crippen LogP) is 3.46. The molecule has 0 fully saturated rings. The zero-order chi connectivity index (χ0) is 11.6. The average molecular weight is 210 g/mol. The van der Waals surface area contributed by atoms with Crippen molar-refractivity contribution in [3.8, 4) is 0 Å². The lowest BCUT2D eigenvalue weighted by Gasteiger charge is -2.39. The normalized spacial score (nSPS) is 28.9. The summed E-state index contributed by atoms with van der Waals surface area (Å²) in [7, 11) is 0. The van der Waals surface area contributed by atoms with Crippen LogP contribution in [0.1, 0.15) is 53.9 Å². The summed E-state index contributed by atoms with van der Waals surface area (Å²) in [6, 6.07) is 0. The maximum Gasteiger partial charge on any atom is 0.302 e. The number of ether oxygens (including phenoxy) is 1. The van der Waals surface area contributed by atoms with E-state index in [1.54, 1.807) is 0 Å². The molecule has 86 valence electrons. The van der Waals surface area contributed by atoms with Crippen LogP contribution < -0.4 is 0 Å². The minimum absolute atomic E-state index is 0.0121. The van der Waals surface area contributed by atoms with Crippen LogP contribution in [0.3, 0.4) is 0 Å². The fraction of sp³-hybridized carbons (Fsp3) is 0.769. The predicted molar refractivity (Wildman–Crippen MR) is 61.6 cm³/mol. The van der Waals surface area contributed by atoms with Gasteiger partial charge in [0.25, 0.3) is 0 Å². The lowest BCUT2D eigenvalue weighted by Crippen LogP contribution is -2.35. The van der Waals surface area contributed by atoms with Gasteiger partial charge in [-0.3, -0.25) is 4.79 Å². The molecule has 0 amide bonds. The number of allylic oxidation sites excluding steroid dienone is 2. The molecule has 0 aromatic heterocycles. The Labute approximate surface area is 92.7 Å². The number of rotatable bonds is 2. The van der Waals surface area contributed by atoms with Gasteiger partial charge in [0.2, 0.25) is 0 Å². The molecule has 0 radical (unpaired) electrons. The van der Waals surface area contributed by atoms with E-state index in [-0.39, 0.29) is 17.5 Å². The van der Waals surface area contributed by atoms with Crippen molar-refractivity contribution in [2.24, 2.45) is 5.41 Å². The van der Waals surface area contributed by atoms with E-state index in [2.05, 4.69) is 20.8 Å². The van der Waals surface area contributed by atoms with Gasteiger partial charge in [-0.1, -0.05) is 18.1 Å². The number of carbonyl (C=O) groups excluding carboxylic acids is 1. The van der Waals surface area contributed by atoms with Crippen LogP contribution in [0.4, 0.5) is 0 Å². The maximum absolute atomic E-state index is 11.0. The molecular weight excluding hydrogens is 188 g/mol. The second-order valence-electron chi connectivity index (χ2n) is 5.14. The van der Waals surface area contributed by atoms with Crippen LogP contribution in [-0.2, 0) is 9.53 Å². The second-order valence-corrected chi connectivity index (χ2v) is 5.14. The summed E-state index contributed by atoms with van der Waals surface area (Å²) in [6.45, 7) is 10.1. The summed E-state index contributed by atoms with van der Waals surface area (Å²) in [6.07, 6.45) is 3.31. The van der Waals surface area contributed by atoms with Crippen molar-refractivity contribution >= 4 is 5.97 Å². The Hall–Kier alpha value is -0.790. The van der Waals surface area contributed by atoms with Crippen LogP contribution in [-0.4, -0.2) is 12.1 Å². The van der Waals surface area contributed by atoms with Gasteiger partial charge in [-0.05, 0) is 40.0 Å². The SMILES string of the molecule is CC(=O)O[C@H](C)C1(C)CCC(C)=C(C)C1. The standard InChI is InChI=1S/C13H22O2/c1-9-6-7-13(5,8-10(9)2)11(3)15-12(4)14/h11H,6-8H2,1-5H3/t11-,13?/m1/s1. The van der Waals surface area contributed by atoms with E-state index < -0.39 is 0 Å². The molecule has 15 heavy (non-hydrogen) atoms. The average Bonchev–Trinajstić information content (AvgIpc) is 2.11. The van der Waals surface area contributed by atoms with Gasteiger partial charge in [0, 0.05) is 12.3 Å². The van der Waals surface area contributed by atoms with Gasteiger partial charge >= 0.3 is 5.97 Å². The highest BCUT2D eigenvalue weighted by atomic mass is 16.5. The molecular formula is C13H22O2. The Balaban J connectivity index is 2.73. The van der Waals surface area contributed by atoms with Crippen molar-refractivity contribution in [2.75, 3.05) is 0 Å². The molecule has 2 atom stereocenters. The molecule has 0 aromatic rings. The number of esters is 1. The van der Waals surface area contributed by atoms with Crippen molar-refractivity contribution in [3.05, 3.63) is 11.1 Å². The number of carbonyl (C=O) groups is 1. The summed E-state index contributed by atoms with van der Waals surface area (Å²) in [5.74, 6) is -0.173. The summed E-state index contributed by atoms with van der Waals surface area (Å²) < 4.78 is 5.31. The molecule has 0 aliphatic heterocycles. The smallest absolute Gasteiger partial charge is 0.302 e. The van der Waals surface area contributed by atoms with Gasteiger partial charge < -0.3 is 4.74 Å². The fourth-order valence-electron chi connectivity index (χ4n) is 2.27. The summed E-state index contributed by atoms with van der Waals surface area (Å²) in [4.78, 5) is 11.0. The van der Waals surface area contributed by atoms with Crippen LogP contribution in [0.2, 0.25) is 0 Å². The summed E-state index contributed by atoms with van der Waals surface area (Å²) >= 11 is 0. The van der Waals surface area contributed by atoms with E-state index in [4.69, 9.17) is 4.74 Å². The molecule has 0 N–H and O–H groups in total. The highest BCUT2D eigenvalue weighted by Gasteiger charge is 2.35. The van der Waals surface area contributed by atoms with Gasteiger partial charge in [0.05, 0.1) is 0 Å². The topological polar surface area (TPSA) is 26.3 Å². The minimum atomic E-state index is -0.173. The third-order valence-corrected chi connectivity index (χ3v) is 3.79. The van der Waals surface area contributed by atoms with E-state index in [1.165, 1.54) is 18.1 Å². The summed E-state index contributed by atoms with van der Waals surface area (Å²) in [5, 5.41) is 0. The number of hydrogen-bond donors (Lipinski definition) is 0. The van der Waals surface area contributed by atoms with Gasteiger partial charge in [-0.2, -0.15) is 0 Å². The van der Waals surface area contributed by atoms with Gasteiger partial charge in [0.15, 0.2) is 0 Å². The van der Waals surface area contributed by atoms with Crippen molar-refractivity contribution < 1.29 is 9.53 Å². The van der Waals surface area contributed by atoms with Crippen LogP contribution >= 0.6 is 0 Å². The molecule has 0 heterocycles. The molecule has 0 saturated heterocycles. The number of hydrogen-bond acceptors (Lipinski definition) is 2. The van der Waals surface area contributed by atoms with Crippen molar-refractivity contribution in [2.45, 2.75) is 60.0 Å². The van der Waals surface area contributed by atoms with Gasteiger partial charge in [-0.15, -0.1) is 0 Å². The van der Waals surface area contributed by atoms with Crippen molar-refractivity contribution in [1.82, 2.24) is 0 Å². The molecule has 1 rings (SSSR count). The second kappa shape index (κ2) is 4.38. The van der Waals surface area contributed by atoms with E-state index >= 15 is 0 Å². The van der Waals surface area contributed by atoms with Crippen LogP contribution in [0, 0.1) is 5.41 Å². The van der Waals surface area contributed by atoms with Crippen molar-refractivity contribution in [1.29, 1.82) is 0 Å². The molecule has 0 spiro atoms. The highest BCUT2D eigenvalue weighted by molar-refractivity contribution is 5.66. The van der Waals surface area contributed by atoms with E-state index in [0.29, 0.717) is 0 Å². The van der Waals surface area contributed by atoms with Crippen LogP contribution in [0.5, 0.6) is 0 Å². The van der Waals surface area contributed by atoms with Crippen LogP contribution in [0.25, 0.3) is 0 Å². The molecule has 1 aliphatic rings. The van der Waals surface area contributed by atoms with E-state index in [1.807, 2.05) is 6.92 Å². The quantitative estimate of drug-likeness (QED) is 0.515. The summed E-state index contributed by atoms with van der Waals surface area (Å²) in [5.41, 5.74) is 3.08. The Morgan fingerprint density at radius 2 is 2.00 bits per heavy atom. The molecule has 0 saturated carbocycles. The highest BCUT2D eigenvalue weighted by Crippen LogP contribution is 2.42. The first-order valence-corrected chi connectivity index (χ1v) is 5.67. The van der Waals surface area contributed by atoms with E-state index in [0.717, 1.165) is 19.3 Å². The Morgan fingerprint density at radius 3 is 2.47 bits per heavy atom. The lowest BCUT2D eigenvalue weighted by molar-refractivity contribution is -0.152. The molecule has 2 heteroatoms. The third-order valence-electron chi connectivity index (χ3n) is 3.79. The first-order chi connectivity index (χ1) is 6.85. The Kier molecular flexibility index (Phi) is 3.58. The van der Waals surface area contributed by atoms with Crippen molar-refractivity contribution in [3.63, 3.8) is 0 Å². The van der Waals surface area contributed by atoms with Gasteiger partial charge in [-0.25, -0.2) is 0 Å². The first kappa shape index (κ1) is 12.3. The fourth-order valence-corrected chi connectivity index (χ4v) is 2.27. The maximum atomic E-state index is 11.0. The van der Waals surface area contributed by atoms with Crippen LogP contribution in [0.15, 0.2) is 11.1 Å². The minimum Gasteiger partial charge on any atom is -0.462 e. The molecule has 0 aromatic carbocycles. The first-order valence-electron chi connectivity index (χ1n) is 5.67. The molecule has 1 aliphatic carbocycles. The zero-order valence-corrected chi connectivity index (χ0v) is 10.5. The molecule has 1 unspecified atom stereocenters. The monoisotopic (exact) mass is 210 g/mol. The largest absolute Gasteiger partial charge is 0.462 e. The zero-order valence-electron chi connectivity index (χ0n) is 10.5. The Bertz CT molecular complexity index is 291.